The van der Waals surface area contributed by atoms with E-state index in [-0.39, 0.29) is 28.7 Å². The SMILES string of the molecule is CC(C)(C)[Si](O[C@@H]1CC[C@@H](c2nc(-n3cnc4ccc(F)cc43)nc(N)c2N)c2ccccc21)(c1ccccc1)c1ccccc1. The predicted octanol–water partition coefficient (Wildman–Crippen LogP) is 6.66. The topological polar surface area (TPSA) is 105 Å². The van der Waals surface area contributed by atoms with Gasteiger partial charge in [0, 0.05) is 12.0 Å². The fourth-order valence-corrected chi connectivity index (χ4v) is 11.8. The maximum absolute atomic E-state index is 14.2. The zero-order valence-corrected chi connectivity index (χ0v) is 27.2. The second kappa shape index (κ2) is 11.5. The van der Waals surface area contributed by atoms with Crippen LogP contribution in [0.5, 0.6) is 0 Å². The van der Waals surface area contributed by atoms with Gasteiger partial charge in [0.25, 0.3) is 8.32 Å². The van der Waals surface area contributed by atoms with E-state index in [4.69, 9.17) is 20.9 Å². The molecule has 0 fully saturated rings. The van der Waals surface area contributed by atoms with E-state index < -0.39 is 8.32 Å². The minimum absolute atomic E-state index is 0.134. The average molecular weight is 629 g/mol. The Kier molecular flexibility index (Phi) is 7.45. The van der Waals surface area contributed by atoms with Crippen LogP contribution in [0.3, 0.4) is 0 Å². The van der Waals surface area contributed by atoms with Crippen LogP contribution in [0.2, 0.25) is 5.04 Å². The Morgan fingerprint density at radius 1 is 0.804 bits per heavy atom. The number of fused-ring (bicyclic) bond motifs is 2. The highest BCUT2D eigenvalue weighted by Crippen LogP contribution is 2.48. The van der Waals surface area contributed by atoms with Gasteiger partial charge in [0.2, 0.25) is 5.95 Å². The van der Waals surface area contributed by atoms with Crippen LogP contribution in [0, 0.1) is 5.82 Å². The highest BCUT2D eigenvalue weighted by atomic mass is 28.4. The lowest BCUT2D eigenvalue weighted by molar-refractivity contribution is 0.166. The summed E-state index contributed by atoms with van der Waals surface area (Å²) in [6.45, 7) is 6.90. The maximum Gasteiger partial charge on any atom is 0.261 e. The van der Waals surface area contributed by atoms with Crippen LogP contribution in [-0.2, 0) is 4.43 Å². The van der Waals surface area contributed by atoms with Gasteiger partial charge in [-0.1, -0.05) is 106 Å². The highest BCUT2D eigenvalue weighted by Gasteiger charge is 2.52. The van der Waals surface area contributed by atoms with Crippen molar-refractivity contribution >= 4 is 41.2 Å². The maximum atomic E-state index is 14.2. The van der Waals surface area contributed by atoms with Crippen LogP contribution < -0.4 is 21.8 Å². The van der Waals surface area contributed by atoms with Gasteiger partial charge < -0.3 is 15.9 Å². The first-order valence-electron chi connectivity index (χ1n) is 15.6. The number of rotatable bonds is 6. The predicted molar refractivity (Wildman–Crippen MR) is 184 cm³/mol. The Morgan fingerprint density at radius 3 is 2.09 bits per heavy atom. The number of halogens is 1. The van der Waals surface area contributed by atoms with Crippen molar-refractivity contribution in [2.45, 2.75) is 50.7 Å². The zero-order valence-electron chi connectivity index (χ0n) is 26.2. The van der Waals surface area contributed by atoms with Crippen LogP contribution in [0.25, 0.3) is 17.0 Å². The molecule has 0 unspecified atom stereocenters. The minimum atomic E-state index is -2.81. The summed E-state index contributed by atoms with van der Waals surface area (Å²) in [7, 11) is -2.81. The Hall–Kier alpha value is -4.86. The Morgan fingerprint density at radius 2 is 1.43 bits per heavy atom. The zero-order chi connectivity index (χ0) is 32.1. The van der Waals surface area contributed by atoms with Gasteiger partial charge in [-0.25, -0.2) is 14.4 Å². The van der Waals surface area contributed by atoms with Gasteiger partial charge >= 0.3 is 0 Å². The van der Waals surface area contributed by atoms with Crippen molar-refractivity contribution in [2.75, 3.05) is 11.5 Å². The normalized spacial score (nSPS) is 16.8. The van der Waals surface area contributed by atoms with Crippen LogP contribution in [0.4, 0.5) is 15.9 Å². The molecule has 2 atom stereocenters. The van der Waals surface area contributed by atoms with Gasteiger partial charge in [0.15, 0.2) is 5.82 Å². The Labute approximate surface area is 269 Å². The third kappa shape index (κ3) is 4.96. The van der Waals surface area contributed by atoms with Crippen molar-refractivity contribution in [3.8, 4) is 5.95 Å². The van der Waals surface area contributed by atoms with E-state index >= 15 is 0 Å². The first-order chi connectivity index (χ1) is 22.2. The van der Waals surface area contributed by atoms with Crippen molar-refractivity contribution in [2.24, 2.45) is 0 Å². The Bertz CT molecular complexity index is 1990. The summed E-state index contributed by atoms with van der Waals surface area (Å²) in [4.78, 5) is 13.9. The highest BCUT2D eigenvalue weighted by molar-refractivity contribution is 6.99. The standard InChI is InChI=1S/C37H37FN6OSi/c1-37(2,3)46(25-12-6-4-7-13-25,26-14-8-5-9-15-26)45-32-21-19-29(27-16-10-11-17-28(27)32)34-33(39)35(40)43-36(42-34)44-23-41-30-20-18-24(38)22-31(30)44/h4-18,20,22-23,29,32H,19,21,39H2,1-3H3,(H2,40,42,43)/t29-,32-/m1/s1. The molecule has 0 spiro atoms. The van der Waals surface area contributed by atoms with Gasteiger partial charge in [-0.15, -0.1) is 0 Å². The van der Waals surface area contributed by atoms with Gasteiger partial charge in [-0.05, 0) is 51.5 Å². The molecule has 46 heavy (non-hydrogen) atoms. The molecule has 1 aliphatic carbocycles. The van der Waals surface area contributed by atoms with Crippen LogP contribution in [0.1, 0.15) is 62.5 Å². The van der Waals surface area contributed by atoms with E-state index in [0.29, 0.717) is 28.4 Å². The molecule has 7 rings (SSSR count). The molecule has 1 aliphatic rings. The van der Waals surface area contributed by atoms with E-state index in [9.17, 15) is 4.39 Å². The van der Waals surface area contributed by atoms with Gasteiger partial charge in [-0.3, -0.25) is 4.57 Å². The second-order valence-corrected chi connectivity index (χ2v) is 17.2. The fourth-order valence-electron chi connectivity index (χ4n) is 7.07. The molecule has 0 saturated heterocycles. The van der Waals surface area contributed by atoms with E-state index in [1.165, 1.54) is 22.5 Å². The molecule has 0 saturated carbocycles. The smallest absolute Gasteiger partial charge is 0.261 e. The molecule has 7 nitrogen and oxygen atoms in total. The van der Waals surface area contributed by atoms with Crippen molar-refractivity contribution < 1.29 is 8.82 Å². The molecular formula is C37H37FN6OSi. The lowest BCUT2D eigenvalue weighted by atomic mass is 9.79. The lowest BCUT2D eigenvalue weighted by Crippen LogP contribution is -2.67. The van der Waals surface area contributed by atoms with Crippen molar-refractivity contribution in [1.29, 1.82) is 0 Å². The van der Waals surface area contributed by atoms with Gasteiger partial charge in [0.1, 0.15) is 12.1 Å². The summed E-state index contributed by atoms with van der Waals surface area (Å²) in [5.41, 5.74) is 17.4. The third-order valence-corrected chi connectivity index (χ3v) is 14.3. The molecule has 9 heteroatoms. The molecule has 232 valence electrons. The van der Waals surface area contributed by atoms with Crippen LogP contribution >= 0.6 is 0 Å². The first-order valence-corrected chi connectivity index (χ1v) is 17.5. The number of nitrogens with two attached hydrogens (primary N) is 2. The molecule has 2 aromatic heterocycles. The quantitative estimate of drug-likeness (QED) is 0.200. The second-order valence-electron chi connectivity index (χ2n) is 13.0. The monoisotopic (exact) mass is 628 g/mol. The molecule has 0 aliphatic heterocycles. The Balaban J connectivity index is 1.33. The summed E-state index contributed by atoms with van der Waals surface area (Å²) in [5, 5.41) is 2.33. The summed E-state index contributed by atoms with van der Waals surface area (Å²) < 4.78 is 23.5. The third-order valence-electron chi connectivity index (χ3n) is 9.22. The number of anilines is 2. The van der Waals surface area contributed by atoms with E-state index in [1.807, 2.05) is 6.07 Å². The number of hydrogen-bond acceptors (Lipinski definition) is 6. The van der Waals surface area contributed by atoms with E-state index in [2.05, 4.69) is 110 Å². The van der Waals surface area contributed by atoms with E-state index in [0.717, 1.165) is 24.0 Å². The number of hydrogen-bond donors (Lipinski definition) is 2. The fraction of sp³-hybridized carbons (Fsp3) is 0.216. The number of aromatic nitrogens is 4. The lowest BCUT2D eigenvalue weighted by Gasteiger charge is -2.46. The largest absolute Gasteiger partial charge is 0.400 e. The average Bonchev–Trinajstić information content (AvgIpc) is 3.48. The number of benzene rings is 4. The number of nitrogens with zero attached hydrogens (tertiary/aromatic N) is 4. The number of imidazole rings is 1. The number of nitrogen functional groups attached to an aromatic ring is 2. The van der Waals surface area contributed by atoms with Crippen molar-refractivity contribution in [1.82, 2.24) is 19.5 Å². The van der Waals surface area contributed by atoms with E-state index in [1.54, 1.807) is 17.0 Å². The molecule has 2 heterocycles. The minimum Gasteiger partial charge on any atom is -0.400 e. The van der Waals surface area contributed by atoms with Crippen LogP contribution in [0.15, 0.2) is 109 Å². The summed E-state index contributed by atoms with van der Waals surface area (Å²) in [6, 6.07) is 34.3. The molecular weight excluding hydrogens is 592 g/mol. The summed E-state index contributed by atoms with van der Waals surface area (Å²) in [5.74, 6) is -0.0174. The van der Waals surface area contributed by atoms with Gasteiger partial charge in [-0.2, -0.15) is 4.98 Å². The van der Waals surface area contributed by atoms with Gasteiger partial charge in [0.05, 0.1) is 28.5 Å². The van der Waals surface area contributed by atoms with Crippen LogP contribution in [-0.4, -0.2) is 27.8 Å². The molecule has 0 radical (unpaired) electrons. The van der Waals surface area contributed by atoms with Crippen molar-refractivity contribution in [3.05, 3.63) is 132 Å². The molecule has 0 bridgehead atoms. The summed E-state index contributed by atoms with van der Waals surface area (Å²) in [6.07, 6.45) is 2.96. The summed E-state index contributed by atoms with van der Waals surface area (Å²) >= 11 is 0. The molecule has 4 N–H and O–H groups in total. The first kappa shape index (κ1) is 29.8. The van der Waals surface area contributed by atoms with Crippen molar-refractivity contribution in [3.63, 3.8) is 0 Å². The molecule has 4 aromatic carbocycles. The molecule has 6 aromatic rings. The molecule has 0 amide bonds.